The van der Waals surface area contributed by atoms with Crippen molar-refractivity contribution in [2.75, 3.05) is 18.5 Å². The Morgan fingerprint density at radius 1 is 1.12 bits per heavy atom. The number of ether oxygens (including phenoxy) is 1. The number of hydrogen-bond donors (Lipinski definition) is 3. The lowest BCUT2D eigenvalue weighted by atomic mass is 10.2. The van der Waals surface area contributed by atoms with Crippen molar-refractivity contribution in [1.82, 2.24) is 10.4 Å². The molecule has 1 aromatic heterocycles. The molecule has 2 aromatic rings. The molecule has 0 saturated carbocycles. The van der Waals surface area contributed by atoms with Crippen LogP contribution in [-0.2, 0) is 25.0 Å². The van der Waals surface area contributed by atoms with Gasteiger partial charge in [-0.2, -0.15) is 5.10 Å². The van der Waals surface area contributed by atoms with Crippen LogP contribution in [0.5, 0.6) is 5.75 Å². The van der Waals surface area contributed by atoms with E-state index in [9.17, 15) is 9.36 Å². The highest BCUT2D eigenvalue weighted by molar-refractivity contribution is 7.80. The van der Waals surface area contributed by atoms with Crippen LogP contribution in [0.3, 0.4) is 0 Å². The number of phosphoric ester groups is 1. The molecule has 1 heterocycles. The summed E-state index contributed by atoms with van der Waals surface area (Å²) in [7, 11) is -6.94. The van der Waals surface area contributed by atoms with Crippen LogP contribution in [0.1, 0.15) is 11.3 Å². The quantitative estimate of drug-likeness (QED) is 0.0610. The molecule has 4 N–H and O–H groups in total. The minimum atomic E-state index is -4.00. The maximum absolute atomic E-state index is 13.7. The summed E-state index contributed by atoms with van der Waals surface area (Å²) in [4.78, 5) is 16.8. The zero-order valence-electron chi connectivity index (χ0n) is 24.2. The van der Waals surface area contributed by atoms with E-state index in [1.54, 1.807) is 24.3 Å². The number of phosphoric acid groups is 1. The number of pyridine rings is 1. The van der Waals surface area contributed by atoms with E-state index in [0.29, 0.717) is 22.0 Å². The molecule has 0 saturated heterocycles. The summed E-state index contributed by atoms with van der Waals surface area (Å²) in [6, 6.07) is 9.53. The van der Waals surface area contributed by atoms with Gasteiger partial charge in [0.2, 0.25) is 0 Å². The third kappa shape index (κ3) is 14.4. The number of carbonyl (C=O) groups excluding carboxylic acids is 1. The molecule has 0 aliphatic carbocycles. The summed E-state index contributed by atoms with van der Waals surface area (Å²) in [6.07, 6.45) is 2.12. The first kappa shape index (κ1) is 34.9. The number of thiocarbonyl (C=S) groups is 1. The first-order chi connectivity index (χ1) is 19.1. The molecule has 0 radical (unpaired) electrons. The summed E-state index contributed by atoms with van der Waals surface area (Å²) in [5.41, 5.74) is 8.88. The summed E-state index contributed by atoms with van der Waals surface area (Å²) in [5.74, 6) is 0.132. The Morgan fingerprint density at radius 2 is 1.76 bits per heavy atom. The van der Waals surface area contributed by atoms with Crippen molar-refractivity contribution in [2.45, 2.75) is 58.0 Å². The first-order valence-electron chi connectivity index (χ1n) is 12.9. The second kappa shape index (κ2) is 15.8. The number of nitrogens with two attached hydrogens (primary N) is 1. The van der Waals surface area contributed by atoms with Crippen molar-refractivity contribution >= 4 is 70.9 Å². The van der Waals surface area contributed by atoms with Gasteiger partial charge in [0.25, 0.3) is 0 Å². The van der Waals surface area contributed by atoms with Crippen molar-refractivity contribution in [3.05, 3.63) is 52.8 Å². The van der Waals surface area contributed by atoms with Crippen LogP contribution in [0.2, 0.25) is 56.4 Å². The van der Waals surface area contributed by atoms with E-state index in [-0.39, 0.29) is 30.7 Å². The van der Waals surface area contributed by atoms with Crippen molar-refractivity contribution in [2.24, 2.45) is 10.8 Å². The molecule has 0 bridgehead atoms. The highest BCUT2D eigenvalue weighted by atomic mass is 35.5. The Hall–Kier alpha value is -2.33. The minimum Gasteiger partial charge on any atom is -0.444 e. The lowest BCUT2D eigenvalue weighted by Crippen LogP contribution is -2.24. The van der Waals surface area contributed by atoms with Crippen molar-refractivity contribution < 1.29 is 27.7 Å². The number of hydrazone groups is 1. The fourth-order valence-corrected chi connectivity index (χ4v) is 6.15. The third-order valence-corrected chi connectivity index (χ3v) is 10.4. The van der Waals surface area contributed by atoms with Gasteiger partial charge in [-0.05, 0) is 48.6 Å². The molecule has 0 atom stereocenters. The number of hydrogen-bond acceptors (Lipinski definition) is 9. The number of benzene rings is 1. The molecule has 11 nitrogen and oxygen atoms in total. The zero-order chi connectivity index (χ0) is 30.7. The summed E-state index contributed by atoms with van der Waals surface area (Å²) >= 11 is 10.9. The molecular weight excluding hydrogens is 621 g/mol. The Labute approximate surface area is 254 Å². The predicted octanol–water partition coefficient (Wildman–Crippen LogP) is 6.85. The molecule has 0 fully saturated rings. The largest absolute Gasteiger partial charge is 0.530 e. The van der Waals surface area contributed by atoms with Crippen molar-refractivity contribution in [3.8, 4) is 5.75 Å². The Morgan fingerprint density at radius 3 is 2.34 bits per heavy atom. The van der Waals surface area contributed by atoms with Gasteiger partial charge in [0.15, 0.2) is 5.11 Å². The van der Waals surface area contributed by atoms with Gasteiger partial charge in [0.05, 0.1) is 25.1 Å². The van der Waals surface area contributed by atoms with E-state index in [1.807, 2.05) is 0 Å². The van der Waals surface area contributed by atoms with Crippen LogP contribution >= 0.6 is 31.6 Å². The molecule has 1 amide bonds. The predicted molar refractivity (Wildman–Crippen MR) is 173 cm³/mol. The average molecular weight is 660 g/mol. The van der Waals surface area contributed by atoms with Crippen molar-refractivity contribution in [1.29, 1.82) is 0 Å². The third-order valence-electron chi connectivity index (χ3n) is 5.24. The van der Waals surface area contributed by atoms with Crippen LogP contribution in [-0.4, -0.2) is 51.8 Å². The van der Waals surface area contributed by atoms with E-state index in [1.165, 1.54) is 18.5 Å². The summed E-state index contributed by atoms with van der Waals surface area (Å²) < 4.78 is 36.5. The van der Waals surface area contributed by atoms with Crippen molar-refractivity contribution in [3.63, 3.8) is 0 Å². The highest BCUT2D eigenvalue weighted by Gasteiger charge is 2.32. The lowest BCUT2D eigenvalue weighted by molar-refractivity contribution is 0.151. The van der Waals surface area contributed by atoms with E-state index >= 15 is 0 Å². The Kier molecular flexibility index (Phi) is 13.4. The molecule has 41 heavy (non-hydrogen) atoms. The number of halogens is 1. The molecule has 0 aliphatic rings. The van der Waals surface area contributed by atoms with Gasteiger partial charge >= 0.3 is 13.9 Å². The van der Waals surface area contributed by atoms with E-state index in [0.717, 1.165) is 12.1 Å². The topological polar surface area (TPSA) is 146 Å². The van der Waals surface area contributed by atoms with Crippen LogP contribution in [0.15, 0.2) is 41.6 Å². The molecule has 0 aliphatic heterocycles. The zero-order valence-corrected chi connectivity index (χ0v) is 28.7. The maximum atomic E-state index is 13.7. The van der Waals surface area contributed by atoms with Gasteiger partial charge in [-0.25, -0.2) is 9.36 Å². The maximum Gasteiger partial charge on any atom is 0.530 e. The first-order valence-corrected chi connectivity index (χ1v) is 22.6. The van der Waals surface area contributed by atoms with Gasteiger partial charge in [-0.1, -0.05) is 56.9 Å². The average Bonchev–Trinajstić information content (AvgIpc) is 2.82. The second-order valence-corrected chi connectivity index (χ2v) is 25.2. The van der Waals surface area contributed by atoms with Gasteiger partial charge in [-0.3, -0.25) is 24.8 Å². The van der Waals surface area contributed by atoms with Gasteiger partial charge < -0.3 is 15.0 Å². The molecule has 226 valence electrons. The van der Waals surface area contributed by atoms with E-state index in [2.05, 4.69) is 60.1 Å². The molecular formula is C25H39ClN5O6PSSi2. The minimum absolute atomic E-state index is 0.0143. The molecule has 2 rings (SSSR count). The summed E-state index contributed by atoms with van der Waals surface area (Å²) in [6.45, 7) is 13.4. The van der Waals surface area contributed by atoms with Crippen LogP contribution in [0.4, 0.5) is 10.5 Å². The normalized spacial score (nSPS) is 12.3. The van der Waals surface area contributed by atoms with Gasteiger partial charge in [0.1, 0.15) is 18.1 Å². The molecule has 0 spiro atoms. The number of anilines is 1. The number of nitrogens with one attached hydrogen (secondary N) is 2. The monoisotopic (exact) mass is 659 g/mol. The number of carbonyl (C=O) groups is 1. The molecule has 16 heteroatoms. The number of rotatable bonds is 15. The van der Waals surface area contributed by atoms with Gasteiger partial charge in [-0.15, -0.1) is 0 Å². The molecule has 0 unspecified atom stereocenters. The summed E-state index contributed by atoms with van der Waals surface area (Å²) in [5, 5.41) is 6.79. The van der Waals surface area contributed by atoms with E-state index < -0.39 is 30.1 Å². The van der Waals surface area contributed by atoms with E-state index in [4.69, 9.17) is 47.9 Å². The van der Waals surface area contributed by atoms with Gasteiger partial charge in [0, 0.05) is 32.9 Å². The second-order valence-electron chi connectivity index (χ2n) is 11.4. The van der Waals surface area contributed by atoms with Crippen LogP contribution in [0.25, 0.3) is 0 Å². The number of amides is 1. The fourth-order valence-electron chi connectivity index (χ4n) is 2.94. The highest BCUT2D eigenvalue weighted by Crippen LogP contribution is 2.51. The standard InChI is InChI=1S/C25H39ClN5O6PSSi2/c1-40(2,3)14-12-35-38(33,36-13-15-41(4,5)6)37-23-16-20(26)10-9-19(23)18-34-25(32)30-21-8-7-11-28-22(21)17-29-31-24(27)39/h7-11,16-17H,12-15,18H2,1-6H3,(H,30,32)(H3,27,31,39). The Bertz CT molecular complexity index is 1250. The van der Waals surface area contributed by atoms with Crippen LogP contribution in [0, 0.1) is 0 Å². The SMILES string of the molecule is C[Si](C)(C)CCOP(=O)(OCC[Si](C)(C)C)Oc1cc(Cl)ccc1COC(=O)Nc1cccnc1C=NNC(N)=S. The molecule has 1 aromatic carbocycles. The fraction of sp³-hybridized carbons (Fsp3) is 0.440. The Balaban J connectivity index is 2.16. The van der Waals surface area contributed by atoms with Crippen LogP contribution < -0.4 is 21.0 Å². The lowest BCUT2D eigenvalue weighted by Gasteiger charge is -2.23. The number of nitrogens with zero attached hydrogens (tertiary/aromatic N) is 2. The smallest absolute Gasteiger partial charge is 0.444 e. The number of aromatic nitrogens is 1.